The van der Waals surface area contributed by atoms with Gasteiger partial charge in [0, 0.05) is 33.6 Å². The molecule has 0 aliphatic carbocycles. The molecule has 0 spiro atoms. The van der Waals surface area contributed by atoms with Crippen LogP contribution in [0.15, 0.2) is 82.7 Å². The number of fused-ring (bicyclic) bond motifs is 1. The molecule has 10 heteroatoms. The predicted molar refractivity (Wildman–Crippen MR) is 136 cm³/mol. The largest absolute Gasteiger partial charge is 0.489 e. The SMILES string of the molecule is N=C1C(=Cc2ccc(OCc3ccc(Cl)cc3Cl)cc2)C(=O)N=C2SC(c3cccnc3)=NN12. The second-order valence-corrected chi connectivity index (χ2v) is 9.06. The number of carbonyl (C=O) groups excluding carboxylic acids is 1. The molecule has 0 saturated heterocycles. The van der Waals surface area contributed by atoms with Gasteiger partial charge in [-0.15, -0.1) is 0 Å². The number of rotatable bonds is 5. The van der Waals surface area contributed by atoms with Gasteiger partial charge in [-0.05, 0) is 59.8 Å². The van der Waals surface area contributed by atoms with Crippen LogP contribution in [-0.4, -0.2) is 31.9 Å². The summed E-state index contributed by atoms with van der Waals surface area (Å²) >= 11 is 13.3. The lowest BCUT2D eigenvalue weighted by atomic mass is 10.1. The number of nitrogens with zero attached hydrogens (tertiary/aromatic N) is 4. The Hall–Kier alpha value is -3.46. The van der Waals surface area contributed by atoms with Crippen LogP contribution in [0.5, 0.6) is 5.75 Å². The van der Waals surface area contributed by atoms with Crippen LogP contribution >= 0.6 is 35.0 Å². The molecule has 7 nitrogen and oxygen atoms in total. The lowest BCUT2D eigenvalue weighted by Crippen LogP contribution is -2.35. The van der Waals surface area contributed by atoms with Crippen LogP contribution in [-0.2, 0) is 11.4 Å². The summed E-state index contributed by atoms with van der Waals surface area (Å²) in [6, 6.07) is 16.1. The maximum atomic E-state index is 12.6. The van der Waals surface area contributed by atoms with Gasteiger partial charge in [-0.2, -0.15) is 15.1 Å². The normalized spacial score (nSPS) is 16.4. The van der Waals surface area contributed by atoms with Crippen LogP contribution in [0.25, 0.3) is 6.08 Å². The van der Waals surface area contributed by atoms with E-state index in [1.54, 1.807) is 60.9 Å². The van der Waals surface area contributed by atoms with Crippen molar-refractivity contribution in [1.82, 2.24) is 9.99 Å². The summed E-state index contributed by atoms with van der Waals surface area (Å²) in [5, 5.41) is 16.4. The van der Waals surface area contributed by atoms with Gasteiger partial charge in [0.1, 0.15) is 17.4 Å². The highest BCUT2D eigenvalue weighted by molar-refractivity contribution is 8.27. The number of carbonyl (C=O) groups is 1. The number of hydrazone groups is 1. The molecule has 0 atom stereocenters. The molecule has 168 valence electrons. The second kappa shape index (κ2) is 9.42. The smallest absolute Gasteiger partial charge is 0.283 e. The third kappa shape index (κ3) is 4.61. The fourth-order valence-corrected chi connectivity index (χ4v) is 4.57. The van der Waals surface area contributed by atoms with Crippen molar-refractivity contribution in [3.05, 3.63) is 99.3 Å². The topological polar surface area (TPSA) is 91.0 Å². The Labute approximate surface area is 209 Å². The first kappa shape index (κ1) is 22.3. The Bertz CT molecular complexity index is 1390. The number of pyridine rings is 1. The molecule has 2 aromatic carbocycles. The maximum absolute atomic E-state index is 12.6. The Morgan fingerprint density at radius 2 is 1.94 bits per heavy atom. The minimum Gasteiger partial charge on any atom is -0.489 e. The summed E-state index contributed by atoms with van der Waals surface area (Å²) in [6.07, 6.45) is 4.97. The quantitative estimate of drug-likeness (QED) is 0.451. The maximum Gasteiger partial charge on any atom is 0.283 e. The van der Waals surface area contributed by atoms with E-state index in [0.717, 1.165) is 16.7 Å². The lowest BCUT2D eigenvalue weighted by molar-refractivity contribution is -0.114. The molecule has 1 N–H and O–H groups in total. The first-order valence-corrected chi connectivity index (χ1v) is 11.6. The number of amides is 1. The van der Waals surface area contributed by atoms with Gasteiger partial charge in [-0.3, -0.25) is 15.2 Å². The standard InChI is InChI=1S/C24H15Cl2N5O2S/c25-17-6-5-16(20(26)11-17)13-33-18-7-3-14(4-8-18)10-19-21(27)31-24(29-22(19)32)34-23(30-31)15-2-1-9-28-12-15/h1-12,27H,13H2. The summed E-state index contributed by atoms with van der Waals surface area (Å²) in [7, 11) is 0. The molecule has 3 aromatic rings. The van der Waals surface area contributed by atoms with E-state index in [4.69, 9.17) is 33.3 Å². The number of aliphatic imine (C=N–C) groups is 1. The molecule has 2 aliphatic heterocycles. The van der Waals surface area contributed by atoms with Gasteiger partial charge in [0.15, 0.2) is 5.84 Å². The Kier molecular flexibility index (Phi) is 6.19. The molecule has 0 unspecified atom stereocenters. The monoisotopic (exact) mass is 507 g/mol. The van der Waals surface area contributed by atoms with Gasteiger partial charge in [0.05, 0.1) is 5.57 Å². The van der Waals surface area contributed by atoms with E-state index in [9.17, 15) is 4.79 Å². The predicted octanol–water partition coefficient (Wildman–Crippen LogP) is 5.63. The molecule has 0 radical (unpaired) electrons. The van der Waals surface area contributed by atoms with E-state index in [1.807, 2.05) is 12.1 Å². The number of amidine groups is 2. The number of ether oxygens (including phenoxy) is 1. The van der Waals surface area contributed by atoms with Gasteiger partial charge < -0.3 is 4.74 Å². The van der Waals surface area contributed by atoms with Crippen molar-refractivity contribution in [3.8, 4) is 5.75 Å². The zero-order valence-corrected chi connectivity index (χ0v) is 19.7. The van der Waals surface area contributed by atoms with Crippen molar-refractivity contribution in [2.24, 2.45) is 10.1 Å². The molecule has 1 amide bonds. The van der Waals surface area contributed by atoms with Crippen molar-refractivity contribution < 1.29 is 9.53 Å². The van der Waals surface area contributed by atoms with Crippen LogP contribution in [0.2, 0.25) is 10.0 Å². The highest BCUT2D eigenvalue weighted by atomic mass is 35.5. The van der Waals surface area contributed by atoms with Gasteiger partial charge >= 0.3 is 0 Å². The third-order valence-corrected chi connectivity index (χ3v) is 6.51. The summed E-state index contributed by atoms with van der Waals surface area (Å²) in [5.41, 5.74) is 2.50. The minimum absolute atomic E-state index is 0.0286. The van der Waals surface area contributed by atoms with Crippen molar-refractivity contribution in [2.45, 2.75) is 6.61 Å². The first-order chi connectivity index (χ1) is 16.5. The lowest BCUT2D eigenvalue weighted by Gasteiger charge is -2.20. The number of benzene rings is 2. The van der Waals surface area contributed by atoms with E-state index in [1.165, 1.54) is 16.8 Å². The average molecular weight is 508 g/mol. The molecule has 2 aliphatic rings. The number of halogens is 2. The molecular weight excluding hydrogens is 493 g/mol. The van der Waals surface area contributed by atoms with Gasteiger partial charge in [0.2, 0.25) is 5.17 Å². The van der Waals surface area contributed by atoms with E-state index < -0.39 is 5.91 Å². The Morgan fingerprint density at radius 3 is 2.68 bits per heavy atom. The highest BCUT2D eigenvalue weighted by Gasteiger charge is 2.36. The van der Waals surface area contributed by atoms with E-state index in [-0.39, 0.29) is 11.4 Å². The zero-order chi connectivity index (χ0) is 23.7. The fraction of sp³-hybridized carbons (Fsp3) is 0.0417. The van der Waals surface area contributed by atoms with Crippen LogP contribution in [0, 0.1) is 5.41 Å². The molecule has 3 heterocycles. The van der Waals surface area contributed by atoms with E-state index in [2.05, 4.69) is 15.1 Å². The first-order valence-electron chi connectivity index (χ1n) is 10.1. The molecule has 0 bridgehead atoms. The molecular formula is C24H15Cl2N5O2S. The summed E-state index contributed by atoms with van der Waals surface area (Å²) < 4.78 is 5.80. The highest BCUT2D eigenvalue weighted by Crippen LogP contribution is 2.31. The minimum atomic E-state index is -0.482. The molecule has 0 saturated carbocycles. The number of thioether (sulfide) groups is 1. The molecule has 34 heavy (non-hydrogen) atoms. The van der Waals surface area contributed by atoms with Crippen LogP contribution in [0.3, 0.4) is 0 Å². The molecule has 0 fully saturated rings. The van der Waals surface area contributed by atoms with Crippen molar-refractivity contribution >= 4 is 63.0 Å². The molecule has 5 rings (SSSR count). The number of nitrogens with one attached hydrogen (secondary N) is 1. The van der Waals surface area contributed by atoms with Crippen molar-refractivity contribution in [1.29, 1.82) is 5.41 Å². The Balaban J connectivity index is 1.31. The van der Waals surface area contributed by atoms with E-state index in [0.29, 0.717) is 32.6 Å². The van der Waals surface area contributed by atoms with Gasteiger partial charge in [-0.25, -0.2) is 0 Å². The summed E-state index contributed by atoms with van der Waals surface area (Å²) in [5.74, 6) is 0.128. The summed E-state index contributed by atoms with van der Waals surface area (Å²) in [4.78, 5) is 20.8. The summed E-state index contributed by atoms with van der Waals surface area (Å²) in [6.45, 7) is 0.293. The number of hydrogen-bond donors (Lipinski definition) is 1. The van der Waals surface area contributed by atoms with Crippen LogP contribution in [0.1, 0.15) is 16.7 Å². The third-order valence-electron chi connectivity index (χ3n) is 4.96. The fourth-order valence-electron chi connectivity index (χ4n) is 3.22. The average Bonchev–Trinajstić information content (AvgIpc) is 3.27. The number of hydrogen-bond acceptors (Lipinski definition) is 6. The van der Waals surface area contributed by atoms with Crippen molar-refractivity contribution in [2.75, 3.05) is 0 Å². The van der Waals surface area contributed by atoms with Crippen LogP contribution < -0.4 is 4.74 Å². The zero-order valence-electron chi connectivity index (χ0n) is 17.4. The Morgan fingerprint density at radius 1 is 1.12 bits per heavy atom. The number of aromatic nitrogens is 1. The second-order valence-electron chi connectivity index (χ2n) is 7.26. The van der Waals surface area contributed by atoms with Crippen molar-refractivity contribution in [3.63, 3.8) is 0 Å². The van der Waals surface area contributed by atoms with E-state index >= 15 is 0 Å². The van der Waals surface area contributed by atoms with Crippen LogP contribution in [0.4, 0.5) is 0 Å². The molecule has 1 aromatic heterocycles. The van der Waals surface area contributed by atoms with Gasteiger partial charge in [-0.1, -0.05) is 41.4 Å². The van der Waals surface area contributed by atoms with Gasteiger partial charge in [0.25, 0.3) is 5.91 Å².